The molecule has 13 fully saturated rings. The van der Waals surface area contributed by atoms with E-state index in [1.165, 1.54) is 161 Å². The summed E-state index contributed by atoms with van der Waals surface area (Å²) < 4.78 is 29.6. The van der Waals surface area contributed by atoms with Gasteiger partial charge in [0.2, 0.25) is 0 Å². The summed E-state index contributed by atoms with van der Waals surface area (Å²) in [6, 6.07) is 0. The highest BCUT2D eigenvalue weighted by Crippen LogP contribution is 2.64. The van der Waals surface area contributed by atoms with Crippen molar-refractivity contribution in [1.29, 1.82) is 0 Å². The van der Waals surface area contributed by atoms with Gasteiger partial charge >= 0.3 is 0 Å². The van der Waals surface area contributed by atoms with Gasteiger partial charge in [0.05, 0.1) is 43.2 Å². The number of ether oxygens (including phenoxy) is 5. The number of hydrogen-bond acceptors (Lipinski definition) is 5. The topological polar surface area (TPSA) is 46.2 Å². The molecule has 0 aromatic rings. The second-order valence-electron chi connectivity index (χ2n) is 27.2. The molecule has 0 N–H and O–H groups in total. The molecule has 0 heterocycles. The van der Waals surface area contributed by atoms with Gasteiger partial charge in [-0.1, -0.05) is 71.6 Å². The Labute approximate surface area is 420 Å². The second-order valence-corrected chi connectivity index (χ2v) is 27.2. The lowest BCUT2D eigenvalue weighted by molar-refractivity contribution is -0.0669. The van der Waals surface area contributed by atoms with Gasteiger partial charge in [0, 0.05) is 19.8 Å². The number of rotatable bonds is 13. The summed E-state index contributed by atoms with van der Waals surface area (Å²) in [6.45, 7) is 23.5. The van der Waals surface area contributed by atoms with E-state index in [9.17, 15) is 0 Å². The zero-order valence-corrected chi connectivity index (χ0v) is 46.0. The molecule has 13 saturated carbocycles. The van der Waals surface area contributed by atoms with Crippen LogP contribution >= 0.6 is 0 Å². The van der Waals surface area contributed by atoms with Gasteiger partial charge in [0.15, 0.2) is 0 Å². The van der Waals surface area contributed by atoms with Crippen LogP contribution in [0.5, 0.6) is 0 Å². The molecule has 68 heavy (non-hydrogen) atoms. The Morgan fingerprint density at radius 1 is 0.441 bits per heavy atom. The van der Waals surface area contributed by atoms with Gasteiger partial charge in [-0.05, 0) is 264 Å². The smallest absolute Gasteiger partial charge is 0.0634 e. The first-order valence-corrected chi connectivity index (χ1v) is 31.1. The third kappa shape index (κ3) is 12.3. The highest BCUT2D eigenvalue weighted by atomic mass is 16.5. The summed E-state index contributed by atoms with van der Waals surface area (Å²) in [5, 5.41) is 0. The van der Waals surface area contributed by atoms with Gasteiger partial charge < -0.3 is 23.7 Å². The van der Waals surface area contributed by atoms with Gasteiger partial charge in [-0.3, -0.25) is 0 Å². The van der Waals surface area contributed by atoms with E-state index in [-0.39, 0.29) is 0 Å². The van der Waals surface area contributed by atoms with Gasteiger partial charge in [0.1, 0.15) is 0 Å². The average Bonchev–Trinajstić information content (AvgIpc) is 3.75. The largest absolute Gasteiger partial charge is 0.381 e. The van der Waals surface area contributed by atoms with E-state index < -0.39 is 0 Å². The molecule has 13 aliphatic rings. The molecule has 13 aliphatic carbocycles. The molecule has 0 radical (unpaired) electrons. The van der Waals surface area contributed by atoms with Crippen LogP contribution in [0.1, 0.15) is 229 Å². The van der Waals surface area contributed by atoms with Crippen molar-refractivity contribution in [2.24, 2.45) is 106 Å². The predicted octanol–water partition coefficient (Wildman–Crippen LogP) is 16.2. The first-order chi connectivity index (χ1) is 33.0. The molecule has 5 heteroatoms. The van der Waals surface area contributed by atoms with Crippen LogP contribution < -0.4 is 0 Å². The second kappa shape index (κ2) is 24.0. The molecule has 21 unspecified atom stereocenters. The monoisotopic (exact) mass is 947 g/mol. The van der Waals surface area contributed by atoms with Crippen LogP contribution in [0.4, 0.5) is 0 Å². The predicted molar refractivity (Wildman–Crippen MR) is 280 cm³/mol. The van der Waals surface area contributed by atoms with E-state index in [2.05, 4.69) is 62.3 Å². The molecule has 0 spiro atoms. The molecule has 13 rings (SSSR count). The maximum atomic E-state index is 6.31. The van der Waals surface area contributed by atoms with Gasteiger partial charge in [0.25, 0.3) is 0 Å². The molecule has 392 valence electrons. The maximum absolute atomic E-state index is 6.31. The van der Waals surface area contributed by atoms with Crippen LogP contribution in [-0.4, -0.2) is 63.1 Å². The number of hydrogen-bond donors (Lipinski definition) is 0. The fourth-order valence-electron chi connectivity index (χ4n) is 19.2. The summed E-state index contributed by atoms with van der Waals surface area (Å²) in [6.07, 6.45) is 41.5. The standard InChI is InChI=1S/C15H26O.2C13H22O.C12H20O.C10H20O/c1-9(2)10(3)16-15-8-11-7-14(15)13-6-4-5-12(11)13;1-8(2)14-13-7-9-6-12(13)11-5-3-4-10(9)11;1-2-14-9-13-5-3-4-10(7-13)12-6-11(12)8-13;1-2-13-12-9-5-3-4-8(6-9)10-7-11(10)12;1-3-11-9(2)10-7-5-4-6-8-10/h9-15H,4-8H2,1-3H3;8-13H,3-7H2,1-2H3;10-12H,2-9H2,1H3;8-12H,2-7H2,1H3;9-10H,3-8H2,1-2H3. The maximum Gasteiger partial charge on any atom is 0.0634 e. The van der Waals surface area contributed by atoms with E-state index in [1.54, 1.807) is 6.42 Å². The van der Waals surface area contributed by atoms with Crippen molar-refractivity contribution in [1.82, 2.24) is 0 Å². The SMILES string of the molecule is CC(C)C(C)OC1CC2CC1C1CCCC21.CC(C)OC1CC2CC1C1CCCC21.CCOC(C)C1CCCCC1.CCOC1C2CCCC(C2)C2CC21.CCOCC12CCCC(C1)C1CC1C2. The average molecular weight is 948 g/mol. The highest BCUT2D eigenvalue weighted by molar-refractivity contribution is 5.07. The Hall–Kier alpha value is -0.200. The summed E-state index contributed by atoms with van der Waals surface area (Å²) in [5.74, 6) is 17.2. The van der Waals surface area contributed by atoms with Crippen LogP contribution in [0.3, 0.4) is 0 Å². The Bertz CT molecular complexity index is 1510. The number of fused-ring (bicyclic) bond motifs is 18. The lowest BCUT2D eigenvalue weighted by Crippen LogP contribution is -2.38. The summed E-state index contributed by atoms with van der Waals surface area (Å²) >= 11 is 0. The lowest BCUT2D eigenvalue weighted by Gasteiger charge is -2.44. The van der Waals surface area contributed by atoms with Crippen molar-refractivity contribution in [3.8, 4) is 0 Å². The van der Waals surface area contributed by atoms with Crippen molar-refractivity contribution in [2.45, 2.75) is 266 Å². The normalized spacial score (nSPS) is 45.8. The van der Waals surface area contributed by atoms with Crippen molar-refractivity contribution >= 4 is 0 Å². The van der Waals surface area contributed by atoms with Crippen molar-refractivity contribution in [3.05, 3.63) is 0 Å². The molecule has 0 aromatic heterocycles. The van der Waals surface area contributed by atoms with Crippen LogP contribution in [-0.2, 0) is 23.7 Å². The fraction of sp³-hybridized carbons (Fsp3) is 1.00. The summed E-state index contributed by atoms with van der Waals surface area (Å²) in [5.41, 5.74) is 0.622. The summed E-state index contributed by atoms with van der Waals surface area (Å²) in [4.78, 5) is 0. The highest BCUT2D eigenvalue weighted by Gasteiger charge is 2.58. The van der Waals surface area contributed by atoms with Gasteiger partial charge in [-0.25, -0.2) is 0 Å². The molecule has 0 aromatic carbocycles. The zero-order chi connectivity index (χ0) is 47.5. The summed E-state index contributed by atoms with van der Waals surface area (Å²) in [7, 11) is 0. The lowest BCUT2D eigenvalue weighted by atomic mass is 9.62. The minimum Gasteiger partial charge on any atom is -0.381 e. The minimum atomic E-state index is 0.430. The molecule has 0 aliphatic heterocycles. The molecule has 0 saturated heterocycles. The molecule has 21 atom stereocenters. The van der Waals surface area contributed by atoms with Crippen molar-refractivity contribution in [2.75, 3.05) is 26.4 Å². The van der Waals surface area contributed by atoms with E-state index in [1.807, 2.05) is 0 Å². The Morgan fingerprint density at radius 2 is 1.04 bits per heavy atom. The van der Waals surface area contributed by atoms with E-state index >= 15 is 0 Å². The van der Waals surface area contributed by atoms with E-state index in [4.69, 9.17) is 23.7 Å². The van der Waals surface area contributed by atoms with Crippen LogP contribution in [0.15, 0.2) is 0 Å². The third-order valence-corrected chi connectivity index (χ3v) is 22.6. The van der Waals surface area contributed by atoms with Crippen molar-refractivity contribution < 1.29 is 23.7 Å². The molecule has 8 bridgehead atoms. The van der Waals surface area contributed by atoms with Crippen LogP contribution in [0.25, 0.3) is 0 Å². The Balaban J connectivity index is 0.000000107. The van der Waals surface area contributed by atoms with E-state index in [0.717, 1.165) is 121 Å². The van der Waals surface area contributed by atoms with Crippen molar-refractivity contribution in [3.63, 3.8) is 0 Å². The first kappa shape index (κ1) is 52.7. The first-order valence-electron chi connectivity index (χ1n) is 31.1. The van der Waals surface area contributed by atoms with E-state index in [0.29, 0.717) is 48.0 Å². The van der Waals surface area contributed by atoms with Crippen LogP contribution in [0.2, 0.25) is 0 Å². The van der Waals surface area contributed by atoms with Gasteiger partial charge in [-0.2, -0.15) is 0 Å². The molecular weight excluding hydrogens is 837 g/mol. The van der Waals surface area contributed by atoms with Gasteiger partial charge in [-0.15, -0.1) is 0 Å². The quantitative estimate of drug-likeness (QED) is 0.184. The fourth-order valence-corrected chi connectivity index (χ4v) is 19.2. The Kier molecular flexibility index (Phi) is 18.6. The Morgan fingerprint density at radius 3 is 1.68 bits per heavy atom. The molecular formula is C63H110O5. The zero-order valence-electron chi connectivity index (χ0n) is 46.0. The third-order valence-electron chi connectivity index (χ3n) is 22.6. The molecule has 5 nitrogen and oxygen atoms in total. The minimum absolute atomic E-state index is 0.430. The van der Waals surface area contributed by atoms with Crippen LogP contribution in [0, 0.1) is 106 Å². The molecule has 0 amide bonds.